The van der Waals surface area contributed by atoms with Gasteiger partial charge in [0.05, 0.1) is 44.1 Å². The van der Waals surface area contributed by atoms with E-state index in [9.17, 15) is 29.1 Å². The fourth-order valence-corrected chi connectivity index (χ4v) is 10.7. The van der Waals surface area contributed by atoms with Crippen molar-refractivity contribution >= 4 is 35.8 Å². The van der Waals surface area contributed by atoms with E-state index in [-0.39, 0.29) is 48.0 Å². The van der Waals surface area contributed by atoms with Gasteiger partial charge in [-0.2, -0.15) is 0 Å². The number of amides is 4. The van der Waals surface area contributed by atoms with E-state index in [2.05, 4.69) is 69.5 Å². The maximum absolute atomic E-state index is 14.4. The molecule has 0 saturated carbocycles. The van der Waals surface area contributed by atoms with Crippen molar-refractivity contribution in [1.82, 2.24) is 35.7 Å². The minimum absolute atomic E-state index is 0.0783. The highest BCUT2D eigenvalue weighted by Gasteiger charge is 2.42. The molecule has 9 rings (SSSR count). The lowest BCUT2D eigenvalue weighted by atomic mass is 9.87. The number of nitrogens with zero attached hydrogens (tertiary/aromatic N) is 4. The summed E-state index contributed by atoms with van der Waals surface area (Å²) in [4.78, 5) is 83.2. The van der Waals surface area contributed by atoms with Gasteiger partial charge in [0.1, 0.15) is 23.7 Å². The standard InChI is InChI=1S/C53H62N8O8/c1-68-53(67)59-45(38-17-9-4-10-18-38)50(63)61-30-12-20-42(61)48-56-43(46(57-48)51(64)69-32-33-13-5-2-6-14-33)39-27-23-35(24-28-39)34-21-25-36(26-22-34)40-31-54-47(55-40)41-19-11-29-60(41)49(62)44(58-52(65)66)37-15-7-3-8-16-37/h2,4-5,7,9,15-16,21-28,33,38,40-42,44-45,58H,3,6,8,10-14,17-20,29-32H2,1H3,(H,54,55)(H,56,57)(H,59,67)(H,65,66)/t33?,38?,40?,41?,42-,44+,45+/m0/s1. The van der Waals surface area contributed by atoms with E-state index in [4.69, 9.17) is 19.5 Å². The third kappa shape index (κ3) is 10.7. The van der Waals surface area contributed by atoms with Crippen molar-refractivity contribution in [2.45, 2.75) is 107 Å². The van der Waals surface area contributed by atoms with E-state index in [0.717, 1.165) is 92.3 Å². The Balaban J connectivity index is 0.901. The first-order chi connectivity index (χ1) is 33.6. The second kappa shape index (κ2) is 21.5. The number of aromatic amines is 1. The van der Waals surface area contributed by atoms with Crippen LogP contribution in [0.1, 0.15) is 111 Å². The number of imidazole rings is 1. The van der Waals surface area contributed by atoms with Crippen LogP contribution >= 0.6 is 0 Å². The SMILES string of the molecule is COC(=O)N[C@@H](C(=O)N1CCC[C@H]1c1nc(C(=O)OCC2CC=CCC2)c(-c2ccc(-c3ccc(C4CN=C(C5CCCN5C(=O)[C@H](NC(=O)O)C5=CCCC=C5)N4)cc3)cc2)[nH]1)C1CC=CCC1. The molecule has 6 aliphatic rings. The van der Waals surface area contributed by atoms with Gasteiger partial charge in [0.25, 0.3) is 5.91 Å². The molecule has 3 aromatic rings. The van der Waals surface area contributed by atoms with Crippen LogP contribution in [-0.2, 0) is 19.1 Å². The summed E-state index contributed by atoms with van der Waals surface area (Å²) < 4.78 is 10.9. The number of hydrogen-bond donors (Lipinski definition) is 5. The molecule has 16 nitrogen and oxygen atoms in total. The number of H-pyrrole nitrogens is 1. The second-order valence-corrected chi connectivity index (χ2v) is 18.8. The van der Waals surface area contributed by atoms with Crippen LogP contribution in [0.15, 0.2) is 102 Å². The van der Waals surface area contributed by atoms with Crippen molar-refractivity contribution in [3.63, 3.8) is 0 Å². The number of likely N-dealkylation sites (tertiary alicyclic amines) is 2. The summed E-state index contributed by atoms with van der Waals surface area (Å²) >= 11 is 0. The van der Waals surface area contributed by atoms with E-state index in [1.54, 1.807) is 9.80 Å². The topological polar surface area (TPSA) is 208 Å². The Morgan fingerprint density at radius 1 is 0.783 bits per heavy atom. The van der Waals surface area contributed by atoms with Crippen molar-refractivity contribution < 1.29 is 38.6 Å². The number of aromatic nitrogens is 2. The molecule has 5 N–H and O–H groups in total. The van der Waals surface area contributed by atoms with Crippen LogP contribution in [0.25, 0.3) is 22.4 Å². The monoisotopic (exact) mass is 938 g/mol. The number of amidine groups is 1. The zero-order valence-corrected chi connectivity index (χ0v) is 39.1. The van der Waals surface area contributed by atoms with Gasteiger partial charge in [-0.3, -0.25) is 14.6 Å². The van der Waals surface area contributed by atoms with Gasteiger partial charge in [-0.1, -0.05) is 91.1 Å². The highest BCUT2D eigenvalue weighted by Crippen LogP contribution is 2.37. The molecule has 2 fully saturated rings. The number of rotatable bonds is 14. The Morgan fingerprint density at radius 3 is 2.14 bits per heavy atom. The van der Waals surface area contributed by atoms with Gasteiger partial charge in [0, 0.05) is 18.7 Å². The van der Waals surface area contributed by atoms with Crippen molar-refractivity contribution in [2.75, 3.05) is 33.4 Å². The van der Waals surface area contributed by atoms with Crippen LogP contribution in [-0.4, -0.2) is 112 Å². The minimum atomic E-state index is -1.24. The Bertz CT molecular complexity index is 2540. The Kier molecular flexibility index (Phi) is 14.7. The summed E-state index contributed by atoms with van der Waals surface area (Å²) in [7, 11) is 1.29. The summed E-state index contributed by atoms with van der Waals surface area (Å²) in [5, 5.41) is 18.4. The lowest BCUT2D eigenvalue weighted by Gasteiger charge is -2.33. The number of allylic oxidation sites excluding steroid dienone is 6. The molecular weight excluding hydrogens is 877 g/mol. The fourth-order valence-electron chi connectivity index (χ4n) is 10.7. The first kappa shape index (κ1) is 47.1. The maximum atomic E-state index is 14.4. The molecule has 1 aromatic heterocycles. The lowest BCUT2D eigenvalue weighted by Crippen LogP contribution is -2.53. The van der Waals surface area contributed by atoms with Gasteiger partial charge in [-0.05, 0) is 111 Å². The predicted octanol–water partition coefficient (Wildman–Crippen LogP) is 7.95. The number of methoxy groups -OCH3 is 1. The molecule has 3 aliphatic heterocycles. The molecular formula is C53H62N8O8. The van der Waals surface area contributed by atoms with E-state index in [0.29, 0.717) is 49.6 Å². The summed E-state index contributed by atoms with van der Waals surface area (Å²) in [6, 6.07) is 13.7. The summed E-state index contributed by atoms with van der Waals surface area (Å²) in [5.41, 5.74) is 5.11. The molecule has 16 heteroatoms. The van der Waals surface area contributed by atoms with Crippen LogP contribution in [0.4, 0.5) is 9.59 Å². The van der Waals surface area contributed by atoms with Gasteiger partial charge < -0.3 is 45.3 Å². The van der Waals surface area contributed by atoms with Crippen LogP contribution in [0, 0.1) is 11.8 Å². The average Bonchev–Trinajstić information content (AvgIpc) is 4.25. The summed E-state index contributed by atoms with van der Waals surface area (Å²) in [5.74, 6) is 0.417. The smallest absolute Gasteiger partial charge is 0.407 e. The second-order valence-electron chi connectivity index (χ2n) is 18.8. The largest absolute Gasteiger partial charge is 0.465 e. The van der Waals surface area contributed by atoms with Crippen LogP contribution < -0.4 is 16.0 Å². The molecule has 0 radical (unpaired) electrons. The third-order valence-electron chi connectivity index (χ3n) is 14.4. The average molecular weight is 939 g/mol. The number of carboxylic acid groups (broad SMARTS) is 1. The molecule has 7 atom stereocenters. The molecule has 362 valence electrons. The van der Waals surface area contributed by atoms with Gasteiger partial charge in [0.2, 0.25) is 5.91 Å². The predicted molar refractivity (Wildman–Crippen MR) is 260 cm³/mol. The van der Waals surface area contributed by atoms with Crippen molar-refractivity contribution in [3.05, 3.63) is 114 Å². The van der Waals surface area contributed by atoms with E-state index >= 15 is 0 Å². The van der Waals surface area contributed by atoms with E-state index in [1.807, 2.05) is 42.5 Å². The molecule has 4 unspecified atom stereocenters. The van der Waals surface area contributed by atoms with Crippen LogP contribution in [0.3, 0.4) is 0 Å². The first-order valence-corrected chi connectivity index (χ1v) is 24.5. The molecule has 0 spiro atoms. The number of ether oxygens (including phenoxy) is 2. The number of carbonyl (C=O) groups is 5. The molecule has 4 heterocycles. The Labute approximate surface area is 402 Å². The highest BCUT2D eigenvalue weighted by atomic mass is 16.5. The molecule has 2 aromatic carbocycles. The summed E-state index contributed by atoms with van der Waals surface area (Å²) in [6.07, 6.45) is 21.8. The number of alkyl carbamates (subject to hydrolysis) is 1. The number of carbonyl (C=O) groups excluding carboxylic acids is 4. The van der Waals surface area contributed by atoms with Gasteiger partial charge >= 0.3 is 18.2 Å². The number of benzene rings is 2. The Morgan fingerprint density at radius 2 is 1.48 bits per heavy atom. The number of nitrogens with one attached hydrogen (secondary N) is 4. The van der Waals surface area contributed by atoms with Crippen molar-refractivity contribution in [2.24, 2.45) is 16.8 Å². The number of hydrogen-bond acceptors (Lipinski definition) is 10. The lowest BCUT2D eigenvalue weighted by molar-refractivity contribution is -0.136. The molecule has 4 amide bonds. The van der Waals surface area contributed by atoms with Gasteiger partial charge in [-0.15, -0.1) is 0 Å². The fraction of sp³-hybridized carbons (Fsp3) is 0.453. The highest BCUT2D eigenvalue weighted by molar-refractivity contribution is 5.97. The molecule has 2 saturated heterocycles. The van der Waals surface area contributed by atoms with Gasteiger partial charge in [0.15, 0.2) is 5.69 Å². The Hall–Kier alpha value is -6.97. The van der Waals surface area contributed by atoms with Crippen molar-refractivity contribution in [3.8, 4) is 22.4 Å². The van der Waals surface area contributed by atoms with Crippen LogP contribution in [0.2, 0.25) is 0 Å². The van der Waals surface area contributed by atoms with Crippen molar-refractivity contribution in [1.29, 1.82) is 0 Å². The number of esters is 1. The molecule has 0 bridgehead atoms. The third-order valence-corrected chi connectivity index (χ3v) is 14.4. The van der Waals surface area contributed by atoms with E-state index < -0.39 is 36.3 Å². The van der Waals surface area contributed by atoms with Gasteiger partial charge in [-0.25, -0.2) is 19.4 Å². The number of aliphatic imine (C=N–C) groups is 1. The zero-order valence-electron chi connectivity index (χ0n) is 39.1. The quantitative estimate of drug-likeness (QED) is 0.0779. The molecule has 3 aliphatic carbocycles. The summed E-state index contributed by atoms with van der Waals surface area (Å²) in [6.45, 7) is 1.81. The normalized spacial score (nSPS) is 23.9. The van der Waals surface area contributed by atoms with Crippen LogP contribution in [0.5, 0.6) is 0 Å². The first-order valence-electron chi connectivity index (χ1n) is 24.5. The van der Waals surface area contributed by atoms with E-state index in [1.165, 1.54) is 7.11 Å². The minimum Gasteiger partial charge on any atom is -0.465 e. The maximum Gasteiger partial charge on any atom is 0.407 e. The zero-order chi connectivity index (χ0) is 47.9. The molecule has 69 heavy (non-hydrogen) atoms.